The maximum absolute atomic E-state index is 12.6. The SMILES string of the molecule is Cc1ccccc1OC(C)C(=O)N1CCN(C(=O)C2CCCN2)CC1.Cl. The Labute approximate surface area is 161 Å². The van der Waals surface area contributed by atoms with Crippen LogP contribution in [-0.2, 0) is 9.59 Å². The molecule has 2 aliphatic heterocycles. The van der Waals surface area contributed by atoms with Crippen LogP contribution in [0.15, 0.2) is 24.3 Å². The molecule has 2 aliphatic rings. The molecule has 26 heavy (non-hydrogen) atoms. The molecule has 144 valence electrons. The standard InChI is InChI=1S/C19H27N3O3.ClH/c1-14-6-3-4-8-17(14)25-15(2)18(23)21-10-12-22(13-11-21)19(24)16-7-5-9-20-16;/h3-4,6,8,15-16,20H,5,7,9-13H2,1-2H3;1H. The first-order valence-electron chi connectivity index (χ1n) is 9.09. The average Bonchev–Trinajstić information content (AvgIpc) is 3.17. The molecule has 6 nitrogen and oxygen atoms in total. The van der Waals surface area contributed by atoms with E-state index < -0.39 is 6.10 Å². The summed E-state index contributed by atoms with van der Waals surface area (Å²) < 4.78 is 5.83. The molecule has 2 fully saturated rings. The summed E-state index contributed by atoms with van der Waals surface area (Å²) in [6.45, 7) is 7.00. The molecule has 2 amide bonds. The van der Waals surface area contributed by atoms with E-state index in [-0.39, 0.29) is 30.3 Å². The lowest BCUT2D eigenvalue weighted by Gasteiger charge is -2.37. The molecule has 7 heteroatoms. The molecule has 1 aromatic rings. The van der Waals surface area contributed by atoms with Crippen molar-refractivity contribution in [1.82, 2.24) is 15.1 Å². The van der Waals surface area contributed by atoms with E-state index in [4.69, 9.17) is 4.74 Å². The van der Waals surface area contributed by atoms with Gasteiger partial charge in [-0.1, -0.05) is 18.2 Å². The summed E-state index contributed by atoms with van der Waals surface area (Å²) in [5.74, 6) is 0.896. The second-order valence-electron chi connectivity index (χ2n) is 6.83. The third-order valence-electron chi connectivity index (χ3n) is 5.01. The third kappa shape index (κ3) is 4.68. The van der Waals surface area contributed by atoms with Crippen LogP contribution >= 0.6 is 12.4 Å². The second-order valence-corrected chi connectivity index (χ2v) is 6.83. The highest BCUT2D eigenvalue weighted by molar-refractivity contribution is 5.85. The second kappa shape index (κ2) is 9.24. The van der Waals surface area contributed by atoms with Gasteiger partial charge in [0.15, 0.2) is 6.10 Å². The van der Waals surface area contributed by atoms with E-state index >= 15 is 0 Å². The third-order valence-corrected chi connectivity index (χ3v) is 5.01. The molecular weight excluding hydrogens is 354 g/mol. The molecule has 2 atom stereocenters. The van der Waals surface area contributed by atoms with Crippen molar-refractivity contribution in [3.63, 3.8) is 0 Å². The molecule has 2 unspecified atom stereocenters. The van der Waals surface area contributed by atoms with E-state index in [1.165, 1.54) is 0 Å². The average molecular weight is 382 g/mol. The van der Waals surface area contributed by atoms with Gasteiger partial charge in [-0.2, -0.15) is 0 Å². The molecule has 0 bridgehead atoms. The zero-order valence-corrected chi connectivity index (χ0v) is 16.3. The van der Waals surface area contributed by atoms with Gasteiger partial charge >= 0.3 is 0 Å². The van der Waals surface area contributed by atoms with Gasteiger partial charge in [0.2, 0.25) is 5.91 Å². The number of rotatable bonds is 4. The Kier molecular flexibility index (Phi) is 7.29. The van der Waals surface area contributed by atoms with Crippen LogP contribution in [0.4, 0.5) is 0 Å². The smallest absolute Gasteiger partial charge is 0.263 e. The summed E-state index contributed by atoms with van der Waals surface area (Å²) in [5, 5.41) is 3.25. The molecule has 3 rings (SSSR count). The number of hydrogen-bond acceptors (Lipinski definition) is 4. The Hall–Kier alpha value is -1.79. The van der Waals surface area contributed by atoms with Gasteiger partial charge in [0.05, 0.1) is 6.04 Å². The molecule has 2 saturated heterocycles. The van der Waals surface area contributed by atoms with Gasteiger partial charge in [0.25, 0.3) is 5.91 Å². The first kappa shape index (κ1) is 20.5. The lowest BCUT2D eigenvalue weighted by Crippen LogP contribution is -2.55. The van der Waals surface area contributed by atoms with Crippen LogP contribution in [0.5, 0.6) is 5.75 Å². The highest BCUT2D eigenvalue weighted by atomic mass is 35.5. The van der Waals surface area contributed by atoms with Crippen LogP contribution in [-0.4, -0.2) is 66.5 Å². The first-order valence-corrected chi connectivity index (χ1v) is 9.09. The molecule has 0 aliphatic carbocycles. The van der Waals surface area contributed by atoms with Crippen molar-refractivity contribution in [1.29, 1.82) is 0 Å². The van der Waals surface area contributed by atoms with Gasteiger partial charge in [-0.3, -0.25) is 9.59 Å². The highest BCUT2D eigenvalue weighted by Crippen LogP contribution is 2.19. The molecule has 0 aromatic heterocycles. The van der Waals surface area contributed by atoms with Crippen molar-refractivity contribution in [3.8, 4) is 5.75 Å². The number of halogens is 1. The monoisotopic (exact) mass is 381 g/mol. The number of para-hydroxylation sites is 1. The molecule has 0 saturated carbocycles. The zero-order chi connectivity index (χ0) is 17.8. The summed E-state index contributed by atoms with van der Waals surface area (Å²) in [6, 6.07) is 7.66. The van der Waals surface area contributed by atoms with E-state index in [0.29, 0.717) is 26.2 Å². The Morgan fingerprint density at radius 1 is 1.15 bits per heavy atom. The molecule has 0 radical (unpaired) electrons. The molecule has 1 N–H and O–H groups in total. The van der Waals surface area contributed by atoms with Crippen LogP contribution < -0.4 is 10.1 Å². The lowest BCUT2D eigenvalue weighted by atomic mass is 10.1. The Morgan fingerprint density at radius 3 is 2.42 bits per heavy atom. The number of nitrogens with zero attached hydrogens (tertiary/aromatic N) is 2. The van der Waals surface area contributed by atoms with Crippen LogP contribution in [0.2, 0.25) is 0 Å². The van der Waals surface area contributed by atoms with Gasteiger partial charge in [-0.05, 0) is 44.9 Å². The minimum absolute atomic E-state index is 0. The number of benzene rings is 1. The number of carbonyl (C=O) groups excluding carboxylic acids is 2. The Bertz CT molecular complexity index is 626. The van der Waals surface area contributed by atoms with Gasteiger partial charge < -0.3 is 19.9 Å². The van der Waals surface area contributed by atoms with Gasteiger partial charge in [-0.15, -0.1) is 12.4 Å². The fourth-order valence-electron chi connectivity index (χ4n) is 3.45. The van der Waals surface area contributed by atoms with Gasteiger partial charge in [-0.25, -0.2) is 0 Å². The number of carbonyl (C=O) groups is 2. The van der Waals surface area contributed by atoms with Crippen molar-refractivity contribution in [2.75, 3.05) is 32.7 Å². The fourth-order valence-corrected chi connectivity index (χ4v) is 3.45. The van der Waals surface area contributed by atoms with Gasteiger partial charge in [0, 0.05) is 26.2 Å². The minimum atomic E-state index is -0.528. The van der Waals surface area contributed by atoms with Crippen molar-refractivity contribution in [2.24, 2.45) is 0 Å². The predicted octanol–water partition coefficient (Wildman–Crippen LogP) is 1.61. The number of aryl methyl sites for hydroxylation is 1. The molecule has 1 aromatic carbocycles. The van der Waals surface area contributed by atoms with Crippen LogP contribution in [0, 0.1) is 6.92 Å². The first-order chi connectivity index (χ1) is 12.1. The molecule has 0 spiro atoms. The van der Waals surface area contributed by atoms with Crippen LogP contribution in [0.3, 0.4) is 0 Å². The fraction of sp³-hybridized carbons (Fsp3) is 0.579. The predicted molar refractivity (Wildman–Crippen MR) is 103 cm³/mol. The van der Waals surface area contributed by atoms with Crippen LogP contribution in [0.1, 0.15) is 25.3 Å². The quantitative estimate of drug-likeness (QED) is 0.860. The number of nitrogens with one attached hydrogen (secondary N) is 1. The summed E-state index contributed by atoms with van der Waals surface area (Å²) in [4.78, 5) is 28.7. The topological polar surface area (TPSA) is 61.9 Å². The maximum atomic E-state index is 12.6. The lowest BCUT2D eigenvalue weighted by molar-refractivity contribution is -0.144. The molecule has 2 heterocycles. The normalized spacial score (nSPS) is 21.1. The Balaban J connectivity index is 0.00000243. The van der Waals surface area contributed by atoms with E-state index in [1.807, 2.05) is 36.1 Å². The minimum Gasteiger partial charge on any atom is -0.481 e. The maximum Gasteiger partial charge on any atom is 0.263 e. The number of piperazine rings is 1. The molecular formula is C19H28ClN3O3. The number of ether oxygens (including phenoxy) is 1. The van der Waals surface area contributed by atoms with Crippen LogP contribution in [0.25, 0.3) is 0 Å². The van der Waals surface area contributed by atoms with E-state index in [9.17, 15) is 9.59 Å². The van der Waals surface area contributed by atoms with E-state index in [0.717, 1.165) is 30.7 Å². The highest BCUT2D eigenvalue weighted by Gasteiger charge is 2.31. The van der Waals surface area contributed by atoms with Crippen molar-refractivity contribution < 1.29 is 14.3 Å². The summed E-state index contributed by atoms with van der Waals surface area (Å²) in [7, 11) is 0. The zero-order valence-electron chi connectivity index (χ0n) is 15.4. The number of hydrogen-bond donors (Lipinski definition) is 1. The Morgan fingerprint density at radius 2 is 1.81 bits per heavy atom. The van der Waals surface area contributed by atoms with E-state index in [2.05, 4.69) is 5.32 Å². The summed E-state index contributed by atoms with van der Waals surface area (Å²) in [5.41, 5.74) is 1.02. The summed E-state index contributed by atoms with van der Waals surface area (Å²) in [6.07, 6.45) is 1.45. The van der Waals surface area contributed by atoms with Gasteiger partial charge in [0.1, 0.15) is 5.75 Å². The number of amides is 2. The largest absolute Gasteiger partial charge is 0.481 e. The summed E-state index contributed by atoms with van der Waals surface area (Å²) >= 11 is 0. The van der Waals surface area contributed by atoms with Crippen molar-refractivity contribution >= 4 is 24.2 Å². The van der Waals surface area contributed by atoms with Crippen molar-refractivity contribution in [2.45, 2.75) is 38.8 Å². The van der Waals surface area contributed by atoms with E-state index in [1.54, 1.807) is 11.8 Å². The van der Waals surface area contributed by atoms with Crippen molar-refractivity contribution in [3.05, 3.63) is 29.8 Å².